The lowest BCUT2D eigenvalue weighted by Gasteiger charge is -2.03. The van der Waals surface area contributed by atoms with Crippen molar-refractivity contribution in [2.75, 3.05) is 11.9 Å². The average Bonchev–Trinajstić information content (AvgIpc) is 2.27. The minimum absolute atomic E-state index is 0.270. The van der Waals surface area contributed by atoms with E-state index in [0.717, 1.165) is 0 Å². The number of primary amides is 1. The van der Waals surface area contributed by atoms with Crippen LogP contribution in [0.15, 0.2) is 29.4 Å². The predicted molar refractivity (Wildman–Crippen MR) is 57.6 cm³/mol. The molecule has 1 aromatic carbocycles. The van der Waals surface area contributed by atoms with E-state index in [9.17, 15) is 9.59 Å². The lowest BCUT2D eigenvalue weighted by molar-refractivity contribution is -0.114. The summed E-state index contributed by atoms with van der Waals surface area (Å²) in [4.78, 5) is 24.3. The van der Waals surface area contributed by atoms with Gasteiger partial charge in [-0.25, -0.2) is 0 Å². The molecule has 7 heteroatoms. The molecular weight excluding hydrogens is 210 g/mol. The van der Waals surface area contributed by atoms with Gasteiger partial charge in [0.2, 0.25) is 11.8 Å². The van der Waals surface area contributed by atoms with Crippen LogP contribution in [0.4, 0.5) is 5.69 Å². The first-order chi connectivity index (χ1) is 7.63. The molecule has 0 aliphatic rings. The molecule has 3 N–H and O–H groups in total. The summed E-state index contributed by atoms with van der Waals surface area (Å²) in [5, 5.41) is 5.60. The quantitative estimate of drug-likeness (QED) is 0.446. The summed E-state index contributed by atoms with van der Waals surface area (Å²) in [5.41, 5.74) is 13.9. The molecule has 1 rings (SSSR count). The number of amides is 2. The van der Waals surface area contributed by atoms with E-state index in [1.54, 1.807) is 0 Å². The Labute approximate surface area is 90.9 Å². The fourth-order valence-corrected chi connectivity index (χ4v) is 1.01. The first-order valence-electron chi connectivity index (χ1n) is 4.34. The molecular formula is C9H9N5O2. The number of benzene rings is 1. The van der Waals surface area contributed by atoms with Crippen LogP contribution in [0.3, 0.4) is 0 Å². The molecule has 0 unspecified atom stereocenters. The Kier molecular flexibility index (Phi) is 3.88. The van der Waals surface area contributed by atoms with Gasteiger partial charge in [0.15, 0.2) is 0 Å². The molecule has 0 fully saturated rings. The van der Waals surface area contributed by atoms with E-state index >= 15 is 0 Å². The smallest absolute Gasteiger partial charge is 0.248 e. The average molecular weight is 219 g/mol. The van der Waals surface area contributed by atoms with Crippen LogP contribution in [0.5, 0.6) is 0 Å². The highest BCUT2D eigenvalue weighted by Crippen LogP contribution is 2.08. The summed E-state index contributed by atoms with van der Waals surface area (Å²) in [6.07, 6.45) is 0. The van der Waals surface area contributed by atoms with Gasteiger partial charge in [-0.15, -0.1) is 0 Å². The number of hydrogen-bond donors (Lipinski definition) is 2. The van der Waals surface area contributed by atoms with Gasteiger partial charge < -0.3 is 11.1 Å². The first-order valence-corrected chi connectivity index (χ1v) is 4.34. The highest BCUT2D eigenvalue weighted by molar-refractivity contribution is 5.95. The predicted octanol–water partition coefficient (Wildman–Crippen LogP) is 1.03. The van der Waals surface area contributed by atoms with E-state index in [0.29, 0.717) is 11.3 Å². The maximum Gasteiger partial charge on any atom is 0.248 e. The van der Waals surface area contributed by atoms with E-state index in [1.807, 2.05) is 0 Å². The van der Waals surface area contributed by atoms with Crippen LogP contribution in [0.1, 0.15) is 10.4 Å². The molecule has 0 bridgehead atoms. The lowest BCUT2D eigenvalue weighted by atomic mass is 10.2. The van der Waals surface area contributed by atoms with Gasteiger partial charge in [0.1, 0.15) is 6.54 Å². The summed E-state index contributed by atoms with van der Waals surface area (Å²) in [7, 11) is 0. The Bertz CT molecular complexity index is 447. The molecule has 0 saturated heterocycles. The molecule has 16 heavy (non-hydrogen) atoms. The van der Waals surface area contributed by atoms with Gasteiger partial charge in [-0.05, 0) is 29.8 Å². The zero-order valence-corrected chi connectivity index (χ0v) is 8.25. The van der Waals surface area contributed by atoms with E-state index < -0.39 is 11.8 Å². The third-order valence-corrected chi connectivity index (χ3v) is 1.73. The van der Waals surface area contributed by atoms with Crippen molar-refractivity contribution in [1.82, 2.24) is 0 Å². The molecule has 0 aromatic heterocycles. The van der Waals surface area contributed by atoms with Crippen molar-refractivity contribution in [2.45, 2.75) is 0 Å². The molecule has 2 amide bonds. The zero-order chi connectivity index (χ0) is 12.0. The maximum absolute atomic E-state index is 11.1. The number of carbonyl (C=O) groups excluding carboxylic acids is 2. The largest absolute Gasteiger partial charge is 0.366 e. The summed E-state index contributed by atoms with van der Waals surface area (Å²) in [6.45, 7) is -0.270. The minimum atomic E-state index is -0.535. The SMILES string of the molecule is [N-]=[N+]=NCC(=O)Nc1ccc(C(N)=O)cc1. The number of hydrogen-bond acceptors (Lipinski definition) is 3. The van der Waals surface area contributed by atoms with Crippen molar-refractivity contribution in [3.8, 4) is 0 Å². The topological polar surface area (TPSA) is 121 Å². The summed E-state index contributed by atoms with van der Waals surface area (Å²) in [5.74, 6) is -0.961. The van der Waals surface area contributed by atoms with E-state index in [2.05, 4.69) is 15.3 Å². The summed E-state index contributed by atoms with van der Waals surface area (Å²) in [6, 6.07) is 6.05. The molecule has 0 aliphatic heterocycles. The highest BCUT2D eigenvalue weighted by atomic mass is 16.2. The van der Waals surface area contributed by atoms with Crippen LogP contribution < -0.4 is 11.1 Å². The van der Waals surface area contributed by atoms with E-state index in [4.69, 9.17) is 11.3 Å². The van der Waals surface area contributed by atoms with Gasteiger partial charge >= 0.3 is 0 Å². The van der Waals surface area contributed by atoms with Crippen LogP contribution in [0.25, 0.3) is 10.4 Å². The summed E-state index contributed by atoms with van der Waals surface area (Å²) >= 11 is 0. The molecule has 1 aromatic rings. The lowest BCUT2D eigenvalue weighted by Crippen LogP contribution is -2.15. The Morgan fingerprint density at radius 2 is 2.00 bits per heavy atom. The van der Waals surface area contributed by atoms with E-state index in [-0.39, 0.29) is 6.54 Å². The van der Waals surface area contributed by atoms with Crippen LogP contribution in [0, 0.1) is 0 Å². The number of anilines is 1. The van der Waals surface area contributed by atoms with Crippen LogP contribution in [-0.2, 0) is 4.79 Å². The molecule has 0 atom stereocenters. The second kappa shape index (κ2) is 5.38. The Morgan fingerprint density at radius 3 is 2.50 bits per heavy atom. The fourth-order valence-electron chi connectivity index (χ4n) is 1.01. The Morgan fingerprint density at radius 1 is 1.38 bits per heavy atom. The fraction of sp³-hybridized carbons (Fsp3) is 0.111. The maximum atomic E-state index is 11.1. The van der Waals surface area contributed by atoms with Crippen molar-refractivity contribution in [1.29, 1.82) is 0 Å². The number of nitrogens with zero attached hydrogens (tertiary/aromatic N) is 3. The standard InChI is InChI=1S/C9H9N5O2/c10-9(16)6-1-3-7(4-2-6)13-8(15)5-12-14-11/h1-4H,5H2,(H2,10,16)(H,13,15). The molecule has 0 spiro atoms. The second-order valence-corrected chi connectivity index (χ2v) is 2.88. The number of nitrogens with two attached hydrogens (primary N) is 1. The zero-order valence-electron chi connectivity index (χ0n) is 8.25. The van der Waals surface area contributed by atoms with Gasteiger partial charge in [0, 0.05) is 16.2 Å². The molecule has 0 aliphatic carbocycles. The number of carbonyl (C=O) groups is 2. The van der Waals surface area contributed by atoms with Crippen molar-refractivity contribution in [3.63, 3.8) is 0 Å². The first kappa shape index (κ1) is 11.5. The molecule has 0 radical (unpaired) electrons. The van der Waals surface area contributed by atoms with Gasteiger partial charge in [0.25, 0.3) is 0 Å². The van der Waals surface area contributed by atoms with Gasteiger partial charge in [-0.1, -0.05) is 5.11 Å². The summed E-state index contributed by atoms with van der Waals surface area (Å²) < 4.78 is 0. The molecule has 7 nitrogen and oxygen atoms in total. The molecule has 0 saturated carbocycles. The number of azide groups is 1. The molecule has 82 valence electrons. The minimum Gasteiger partial charge on any atom is -0.366 e. The van der Waals surface area contributed by atoms with Crippen molar-refractivity contribution < 1.29 is 9.59 Å². The van der Waals surface area contributed by atoms with Crippen LogP contribution >= 0.6 is 0 Å². The van der Waals surface area contributed by atoms with Crippen molar-refractivity contribution in [2.24, 2.45) is 10.8 Å². The van der Waals surface area contributed by atoms with Gasteiger partial charge in [-0.3, -0.25) is 9.59 Å². The highest BCUT2D eigenvalue weighted by Gasteiger charge is 2.02. The Balaban J connectivity index is 2.65. The van der Waals surface area contributed by atoms with Gasteiger partial charge in [0.05, 0.1) is 0 Å². The van der Waals surface area contributed by atoms with Crippen LogP contribution in [-0.4, -0.2) is 18.4 Å². The van der Waals surface area contributed by atoms with Crippen molar-refractivity contribution in [3.05, 3.63) is 40.3 Å². The third-order valence-electron chi connectivity index (χ3n) is 1.73. The van der Waals surface area contributed by atoms with Gasteiger partial charge in [-0.2, -0.15) is 0 Å². The monoisotopic (exact) mass is 219 g/mol. The normalized spacial score (nSPS) is 9.00. The number of rotatable bonds is 4. The Hall–Kier alpha value is -2.53. The third kappa shape index (κ3) is 3.32. The van der Waals surface area contributed by atoms with E-state index in [1.165, 1.54) is 24.3 Å². The van der Waals surface area contributed by atoms with Crippen molar-refractivity contribution >= 4 is 17.5 Å². The number of nitrogens with one attached hydrogen (secondary N) is 1. The second-order valence-electron chi connectivity index (χ2n) is 2.88. The van der Waals surface area contributed by atoms with Crippen LogP contribution in [0.2, 0.25) is 0 Å². The molecule has 0 heterocycles.